The first-order chi connectivity index (χ1) is 7.40. The molecular weight excluding hydrogens is 190 g/mol. The van der Waals surface area contributed by atoms with E-state index < -0.39 is 0 Å². The van der Waals surface area contributed by atoms with Gasteiger partial charge >= 0.3 is 0 Å². The summed E-state index contributed by atoms with van der Waals surface area (Å²) in [5.41, 5.74) is 2.10. The predicted molar refractivity (Wildman–Crippen MR) is 56.3 cm³/mol. The molecule has 0 saturated carbocycles. The monoisotopic (exact) mass is 201 g/mol. The second-order valence-corrected chi connectivity index (χ2v) is 3.24. The molecule has 2 aromatic rings. The molecule has 0 aliphatic rings. The van der Waals surface area contributed by atoms with Crippen LogP contribution in [0.2, 0.25) is 0 Å². The molecule has 1 heterocycles. The van der Waals surface area contributed by atoms with Gasteiger partial charge in [0, 0.05) is 12.0 Å². The molecule has 0 atom stereocenters. The Bertz CT molecular complexity index is 417. The molecule has 1 aromatic carbocycles. The fourth-order valence-electron chi connectivity index (χ4n) is 1.41. The highest BCUT2D eigenvalue weighted by Gasteiger charge is 2.01. The first kappa shape index (κ1) is 9.65. The van der Waals surface area contributed by atoms with Crippen LogP contribution in [0.15, 0.2) is 41.1 Å². The maximum absolute atomic E-state index is 10.2. The summed E-state index contributed by atoms with van der Waals surface area (Å²) in [6.45, 7) is 0. The van der Waals surface area contributed by atoms with Crippen LogP contribution < -0.4 is 0 Å². The third-order valence-electron chi connectivity index (χ3n) is 2.18. The molecule has 0 unspecified atom stereocenters. The van der Waals surface area contributed by atoms with Crippen molar-refractivity contribution in [1.82, 2.24) is 4.98 Å². The van der Waals surface area contributed by atoms with Gasteiger partial charge in [0.1, 0.15) is 12.5 Å². The van der Waals surface area contributed by atoms with Gasteiger partial charge in [-0.1, -0.05) is 12.1 Å². The maximum Gasteiger partial charge on any atom is 0.225 e. The molecule has 3 nitrogen and oxygen atoms in total. The summed E-state index contributed by atoms with van der Waals surface area (Å²) in [4.78, 5) is 14.3. The van der Waals surface area contributed by atoms with E-state index in [1.54, 1.807) is 12.5 Å². The smallest absolute Gasteiger partial charge is 0.225 e. The van der Waals surface area contributed by atoms with Gasteiger partial charge in [-0.3, -0.25) is 0 Å². The molecule has 0 N–H and O–H groups in total. The molecule has 15 heavy (non-hydrogen) atoms. The van der Waals surface area contributed by atoms with Gasteiger partial charge in [0.05, 0.1) is 6.20 Å². The van der Waals surface area contributed by atoms with Crippen LogP contribution in [0.3, 0.4) is 0 Å². The predicted octanol–water partition coefficient (Wildman–Crippen LogP) is 2.47. The first-order valence-electron chi connectivity index (χ1n) is 4.82. The zero-order valence-corrected chi connectivity index (χ0v) is 8.22. The number of rotatable bonds is 4. The minimum Gasteiger partial charge on any atom is -0.445 e. The van der Waals surface area contributed by atoms with Gasteiger partial charge in [0.2, 0.25) is 5.89 Å². The van der Waals surface area contributed by atoms with Gasteiger partial charge in [-0.15, -0.1) is 0 Å². The van der Waals surface area contributed by atoms with Crippen LogP contribution in [0.25, 0.3) is 11.5 Å². The second-order valence-electron chi connectivity index (χ2n) is 3.24. The van der Waals surface area contributed by atoms with Crippen LogP contribution in [0.5, 0.6) is 0 Å². The van der Waals surface area contributed by atoms with Crippen molar-refractivity contribution in [3.8, 4) is 11.5 Å². The van der Waals surface area contributed by atoms with Crippen molar-refractivity contribution in [3.63, 3.8) is 0 Å². The number of nitrogens with zero attached hydrogens (tertiary/aromatic N) is 1. The summed E-state index contributed by atoms with van der Waals surface area (Å²) in [7, 11) is 0. The van der Waals surface area contributed by atoms with Crippen molar-refractivity contribution in [2.24, 2.45) is 0 Å². The van der Waals surface area contributed by atoms with Crippen LogP contribution in [-0.4, -0.2) is 11.3 Å². The molecule has 2 rings (SSSR count). The normalized spacial score (nSPS) is 10.1. The highest BCUT2D eigenvalue weighted by atomic mass is 16.3. The van der Waals surface area contributed by atoms with Crippen LogP contribution in [0, 0.1) is 0 Å². The second kappa shape index (κ2) is 4.55. The summed E-state index contributed by atoms with van der Waals surface area (Å²) in [5, 5.41) is 0. The minimum absolute atomic E-state index is 0.568. The Kier molecular flexibility index (Phi) is 2.93. The largest absolute Gasteiger partial charge is 0.445 e. The summed E-state index contributed by atoms with van der Waals surface area (Å²) in [6.07, 6.45) is 5.46. The van der Waals surface area contributed by atoms with Crippen molar-refractivity contribution in [2.45, 2.75) is 12.8 Å². The van der Waals surface area contributed by atoms with Crippen molar-refractivity contribution in [2.75, 3.05) is 0 Å². The highest BCUT2D eigenvalue weighted by Crippen LogP contribution is 2.17. The molecule has 0 aliphatic heterocycles. The topological polar surface area (TPSA) is 43.1 Å². The van der Waals surface area contributed by atoms with E-state index in [0.717, 1.165) is 23.8 Å². The van der Waals surface area contributed by atoms with Crippen LogP contribution in [0.4, 0.5) is 0 Å². The summed E-state index contributed by atoms with van der Waals surface area (Å²) < 4.78 is 5.17. The number of carbonyl (C=O) groups is 1. The first-order valence-corrected chi connectivity index (χ1v) is 4.82. The Balaban J connectivity index is 2.14. The SMILES string of the molecule is O=CCCc1ccc(-c2ncco2)cc1. The van der Waals surface area contributed by atoms with E-state index in [4.69, 9.17) is 4.42 Å². The number of oxazole rings is 1. The standard InChI is InChI=1S/C12H11NO2/c14-8-1-2-10-3-5-11(6-4-10)12-13-7-9-15-12/h3-9H,1-2H2. The molecule has 0 bridgehead atoms. The number of benzene rings is 1. The number of aldehydes is 1. The van der Waals surface area contributed by atoms with Crippen LogP contribution >= 0.6 is 0 Å². The van der Waals surface area contributed by atoms with Crippen LogP contribution in [-0.2, 0) is 11.2 Å². The van der Waals surface area contributed by atoms with Gasteiger partial charge in [-0.05, 0) is 24.1 Å². The Hall–Kier alpha value is -1.90. The van der Waals surface area contributed by atoms with E-state index in [1.807, 2.05) is 24.3 Å². The molecule has 3 heteroatoms. The zero-order valence-electron chi connectivity index (χ0n) is 8.22. The lowest BCUT2D eigenvalue weighted by Gasteiger charge is -1.99. The lowest BCUT2D eigenvalue weighted by molar-refractivity contribution is -0.107. The Labute approximate surface area is 87.8 Å². The third-order valence-corrected chi connectivity index (χ3v) is 2.18. The van der Waals surface area contributed by atoms with E-state index >= 15 is 0 Å². The number of hydrogen-bond donors (Lipinski definition) is 0. The van der Waals surface area contributed by atoms with Crippen molar-refractivity contribution < 1.29 is 9.21 Å². The van der Waals surface area contributed by atoms with Gasteiger partial charge in [0.15, 0.2) is 0 Å². The van der Waals surface area contributed by atoms with E-state index in [2.05, 4.69) is 4.98 Å². The molecular formula is C12H11NO2. The highest BCUT2D eigenvalue weighted by molar-refractivity contribution is 5.54. The van der Waals surface area contributed by atoms with E-state index in [9.17, 15) is 4.79 Å². The number of aromatic nitrogens is 1. The fraction of sp³-hybridized carbons (Fsp3) is 0.167. The summed E-state index contributed by atoms with van der Waals surface area (Å²) in [6, 6.07) is 7.88. The molecule has 0 spiro atoms. The molecule has 0 radical (unpaired) electrons. The van der Waals surface area contributed by atoms with Gasteiger partial charge in [-0.25, -0.2) is 4.98 Å². The average molecular weight is 201 g/mol. The molecule has 1 aromatic heterocycles. The average Bonchev–Trinajstić information content (AvgIpc) is 2.80. The Morgan fingerprint density at radius 2 is 2.07 bits per heavy atom. The lowest BCUT2D eigenvalue weighted by atomic mass is 10.1. The molecule has 0 aliphatic carbocycles. The van der Waals surface area contributed by atoms with Crippen LogP contribution in [0.1, 0.15) is 12.0 Å². The number of hydrogen-bond acceptors (Lipinski definition) is 3. The summed E-state index contributed by atoms with van der Waals surface area (Å²) >= 11 is 0. The van der Waals surface area contributed by atoms with Gasteiger partial charge in [0.25, 0.3) is 0 Å². The van der Waals surface area contributed by atoms with Crippen molar-refractivity contribution in [3.05, 3.63) is 42.3 Å². The molecule has 0 amide bonds. The van der Waals surface area contributed by atoms with Crippen molar-refractivity contribution in [1.29, 1.82) is 0 Å². The Morgan fingerprint density at radius 1 is 1.27 bits per heavy atom. The maximum atomic E-state index is 10.2. The van der Waals surface area contributed by atoms with E-state index in [0.29, 0.717) is 12.3 Å². The molecule has 76 valence electrons. The van der Waals surface area contributed by atoms with E-state index in [-0.39, 0.29) is 0 Å². The van der Waals surface area contributed by atoms with Crippen molar-refractivity contribution >= 4 is 6.29 Å². The minimum atomic E-state index is 0.568. The summed E-state index contributed by atoms with van der Waals surface area (Å²) in [5.74, 6) is 0.622. The molecule has 0 saturated heterocycles. The van der Waals surface area contributed by atoms with E-state index in [1.165, 1.54) is 0 Å². The number of carbonyl (C=O) groups excluding carboxylic acids is 1. The van der Waals surface area contributed by atoms with Gasteiger partial charge in [-0.2, -0.15) is 0 Å². The Morgan fingerprint density at radius 3 is 2.67 bits per heavy atom. The quantitative estimate of drug-likeness (QED) is 0.713. The fourth-order valence-corrected chi connectivity index (χ4v) is 1.41. The third kappa shape index (κ3) is 2.31. The molecule has 0 fully saturated rings. The lowest BCUT2D eigenvalue weighted by Crippen LogP contribution is -1.86. The number of aryl methyl sites for hydroxylation is 1. The zero-order chi connectivity index (χ0) is 10.5. The van der Waals surface area contributed by atoms with Gasteiger partial charge < -0.3 is 9.21 Å².